The van der Waals surface area contributed by atoms with Crippen LogP contribution in [0.5, 0.6) is 17.2 Å². The van der Waals surface area contributed by atoms with Crippen LogP contribution < -0.4 is 19.5 Å². The second-order valence-electron chi connectivity index (χ2n) is 6.36. The van der Waals surface area contributed by atoms with Gasteiger partial charge in [0.15, 0.2) is 17.6 Å². The molecule has 1 aromatic carbocycles. The van der Waals surface area contributed by atoms with Crippen LogP contribution in [0.1, 0.15) is 32.6 Å². The highest BCUT2D eigenvalue weighted by Crippen LogP contribution is 2.37. The molecule has 1 atom stereocenters. The number of hydrogen-bond donors (Lipinski definition) is 2. The number of hydrogen-bond acceptors (Lipinski definition) is 5. The first-order valence-corrected chi connectivity index (χ1v) is 8.07. The Hall–Kier alpha value is -1.95. The van der Waals surface area contributed by atoms with Crippen LogP contribution >= 0.6 is 0 Å². The molecule has 3 rings (SSSR count). The summed E-state index contributed by atoms with van der Waals surface area (Å²) in [5, 5.41) is 12.5. The Bertz CT molecular complexity index is 568. The summed E-state index contributed by atoms with van der Waals surface area (Å²) in [6, 6.07) is 5.24. The lowest BCUT2D eigenvalue weighted by Crippen LogP contribution is -2.43. The van der Waals surface area contributed by atoms with Crippen molar-refractivity contribution in [2.24, 2.45) is 5.41 Å². The highest BCUT2D eigenvalue weighted by molar-refractivity contribution is 5.80. The summed E-state index contributed by atoms with van der Waals surface area (Å²) in [5.41, 5.74) is -0.159. The number of amides is 1. The van der Waals surface area contributed by atoms with Crippen molar-refractivity contribution in [3.05, 3.63) is 18.2 Å². The lowest BCUT2D eigenvalue weighted by Gasteiger charge is -2.27. The summed E-state index contributed by atoms with van der Waals surface area (Å²) < 4.78 is 16.2. The van der Waals surface area contributed by atoms with E-state index in [9.17, 15) is 9.90 Å². The zero-order valence-electron chi connectivity index (χ0n) is 13.3. The van der Waals surface area contributed by atoms with Crippen LogP contribution in [0.15, 0.2) is 18.2 Å². The van der Waals surface area contributed by atoms with Gasteiger partial charge in [-0.05, 0) is 31.9 Å². The molecule has 1 saturated carbocycles. The summed E-state index contributed by atoms with van der Waals surface area (Å²) in [4.78, 5) is 12.2. The lowest BCUT2D eigenvalue weighted by molar-refractivity contribution is -0.127. The molecule has 1 aromatic rings. The van der Waals surface area contributed by atoms with Gasteiger partial charge in [0.2, 0.25) is 6.79 Å². The van der Waals surface area contributed by atoms with E-state index >= 15 is 0 Å². The van der Waals surface area contributed by atoms with Crippen LogP contribution in [-0.2, 0) is 4.79 Å². The highest BCUT2D eigenvalue weighted by atomic mass is 16.7. The third kappa shape index (κ3) is 3.52. The van der Waals surface area contributed by atoms with E-state index in [4.69, 9.17) is 14.2 Å². The van der Waals surface area contributed by atoms with Gasteiger partial charge >= 0.3 is 0 Å². The smallest absolute Gasteiger partial charge is 0.260 e. The van der Waals surface area contributed by atoms with Crippen molar-refractivity contribution >= 4 is 5.91 Å². The van der Waals surface area contributed by atoms with E-state index in [2.05, 4.69) is 5.32 Å². The quantitative estimate of drug-likeness (QED) is 0.836. The maximum atomic E-state index is 12.2. The Labute approximate surface area is 135 Å². The predicted octanol–water partition coefficient (Wildman–Crippen LogP) is 1.85. The van der Waals surface area contributed by atoms with Gasteiger partial charge in [-0.3, -0.25) is 4.79 Å². The fraction of sp³-hybridized carbons (Fsp3) is 0.588. The van der Waals surface area contributed by atoms with Crippen LogP contribution in [0.4, 0.5) is 0 Å². The molecular weight excluding hydrogens is 298 g/mol. The lowest BCUT2D eigenvalue weighted by atomic mass is 9.87. The van der Waals surface area contributed by atoms with Crippen molar-refractivity contribution in [3.63, 3.8) is 0 Å². The highest BCUT2D eigenvalue weighted by Gasteiger charge is 2.34. The van der Waals surface area contributed by atoms with Crippen molar-refractivity contribution in [1.29, 1.82) is 0 Å². The number of benzene rings is 1. The molecule has 23 heavy (non-hydrogen) atoms. The van der Waals surface area contributed by atoms with Crippen molar-refractivity contribution in [1.82, 2.24) is 5.32 Å². The molecular formula is C17H23NO5. The van der Waals surface area contributed by atoms with E-state index in [1.165, 1.54) is 0 Å². The van der Waals surface area contributed by atoms with Gasteiger partial charge in [-0.2, -0.15) is 0 Å². The largest absolute Gasteiger partial charge is 0.481 e. The second kappa shape index (κ2) is 6.66. The van der Waals surface area contributed by atoms with Crippen molar-refractivity contribution < 1.29 is 24.1 Å². The number of nitrogens with one attached hydrogen (secondary N) is 1. The van der Waals surface area contributed by atoms with Crippen LogP contribution in [0, 0.1) is 5.41 Å². The summed E-state index contributed by atoms with van der Waals surface area (Å²) in [5.74, 6) is 1.69. The van der Waals surface area contributed by atoms with Crippen LogP contribution in [0.25, 0.3) is 0 Å². The molecule has 1 unspecified atom stereocenters. The number of carbonyl (C=O) groups is 1. The molecule has 0 bridgehead atoms. The summed E-state index contributed by atoms with van der Waals surface area (Å²) in [6.07, 6.45) is 3.52. The molecule has 1 heterocycles. The minimum Gasteiger partial charge on any atom is -0.481 e. The summed E-state index contributed by atoms with van der Waals surface area (Å²) in [6.45, 7) is 2.53. The zero-order chi connectivity index (χ0) is 16.3. The number of rotatable bonds is 6. The molecule has 0 radical (unpaired) electrons. The first-order chi connectivity index (χ1) is 11.1. The van der Waals surface area contributed by atoms with Crippen LogP contribution in [0.2, 0.25) is 0 Å². The fourth-order valence-electron chi connectivity index (χ4n) is 3.14. The van der Waals surface area contributed by atoms with E-state index in [-0.39, 0.29) is 24.7 Å². The third-order valence-electron chi connectivity index (χ3n) is 4.66. The Balaban J connectivity index is 1.53. The van der Waals surface area contributed by atoms with Crippen molar-refractivity contribution in [2.45, 2.75) is 38.7 Å². The third-order valence-corrected chi connectivity index (χ3v) is 4.66. The van der Waals surface area contributed by atoms with E-state index in [1.54, 1.807) is 25.1 Å². The zero-order valence-corrected chi connectivity index (χ0v) is 13.3. The fourth-order valence-corrected chi connectivity index (χ4v) is 3.14. The standard InChI is InChI=1S/C17H23NO5/c1-12(16(20)18-9-17(10-19)6-2-3-7-17)23-13-4-5-14-15(8-13)22-11-21-14/h4-5,8,12,19H,2-3,6-7,9-11H2,1H3,(H,18,20). The van der Waals surface area contributed by atoms with Crippen LogP contribution in [0.3, 0.4) is 0 Å². The van der Waals surface area contributed by atoms with Gasteiger partial charge in [0.05, 0.1) is 6.61 Å². The topological polar surface area (TPSA) is 77.0 Å². The number of carbonyl (C=O) groups excluding carboxylic acids is 1. The number of ether oxygens (including phenoxy) is 3. The molecule has 1 aliphatic heterocycles. The maximum Gasteiger partial charge on any atom is 0.260 e. The molecule has 6 heteroatoms. The molecule has 2 N–H and O–H groups in total. The average Bonchev–Trinajstić information content (AvgIpc) is 3.21. The van der Waals surface area contributed by atoms with Crippen molar-refractivity contribution in [3.8, 4) is 17.2 Å². The summed E-state index contributed by atoms with van der Waals surface area (Å²) in [7, 11) is 0. The Morgan fingerprint density at radius 3 is 2.83 bits per heavy atom. The van der Waals surface area contributed by atoms with Gasteiger partial charge in [0, 0.05) is 18.0 Å². The predicted molar refractivity (Wildman–Crippen MR) is 83.7 cm³/mol. The SMILES string of the molecule is CC(Oc1ccc2c(c1)OCO2)C(=O)NCC1(CO)CCCC1. The van der Waals surface area contributed by atoms with Gasteiger partial charge < -0.3 is 24.6 Å². The number of aliphatic hydroxyl groups is 1. The van der Waals surface area contributed by atoms with E-state index in [1.807, 2.05) is 0 Å². The van der Waals surface area contributed by atoms with Crippen LogP contribution in [-0.4, -0.2) is 37.1 Å². The number of aliphatic hydroxyl groups excluding tert-OH is 1. The van der Waals surface area contributed by atoms with Gasteiger partial charge in [-0.15, -0.1) is 0 Å². The van der Waals surface area contributed by atoms with E-state index in [0.29, 0.717) is 23.8 Å². The van der Waals surface area contributed by atoms with Gasteiger partial charge in [0.1, 0.15) is 5.75 Å². The van der Waals surface area contributed by atoms with Crippen molar-refractivity contribution in [2.75, 3.05) is 19.9 Å². The second-order valence-corrected chi connectivity index (χ2v) is 6.36. The van der Waals surface area contributed by atoms with E-state index < -0.39 is 6.10 Å². The van der Waals surface area contributed by atoms with E-state index in [0.717, 1.165) is 25.7 Å². The van der Waals surface area contributed by atoms with Gasteiger partial charge in [0.25, 0.3) is 5.91 Å². The van der Waals surface area contributed by atoms with Gasteiger partial charge in [-0.1, -0.05) is 12.8 Å². The average molecular weight is 321 g/mol. The molecule has 1 aliphatic carbocycles. The number of fused-ring (bicyclic) bond motifs is 1. The molecule has 0 saturated heterocycles. The minimum atomic E-state index is -0.618. The molecule has 1 fully saturated rings. The molecule has 0 spiro atoms. The molecule has 126 valence electrons. The Morgan fingerprint density at radius 2 is 2.09 bits per heavy atom. The maximum absolute atomic E-state index is 12.2. The normalized spacial score (nSPS) is 19.4. The summed E-state index contributed by atoms with van der Waals surface area (Å²) >= 11 is 0. The molecule has 0 aromatic heterocycles. The molecule has 1 amide bonds. The van der Waals surface area contributed by atoms with Gasteiger partial charge in [-0.25, -0.2) is 0 Å². The minimum absolute atomic E-state index is 0.116. The molecule has 6 nitrogen and oxygen atoms in total. The Morgan fingerprint density at radius 1 is 1.35 bits per heavy atom. The first kappa shape index (κ1) is 15.9. The Kier molecular flexibility index (Phi) is 4.61. The monoisotopic (exact) mass is 321 g/mol. The molecule has 2 aliphatic rings. The first-order valence-electron chi connectivity index (χ1n) is 8.07.